The van der Waals surface area contributed by atoms with Crippen LogP contribution in [0, 0.1) is 0 Å². The van der Waals surface area contributed by atoms with Crippen LogP contribution in [0.5, 0.6) is 0 Å². The highest BCUT2D eigenvalue weighted by molar-refractivity contribution is 5.16. The van der Waals surface area contributed by atoms with Crippen molar-refractivity contribution >= 4 is 0 Å². The number of ether oxygens (including phenoxy) is 1. The van der Waals surface area contributed by atoms with Crippen LogP contribution in [0.4, 0.5) is 4.39 Å². The molecule has 0 bridgehead atoms. The fourth-order valence-corrected chi connectivity index (χ4v) is 2.48. The molecule has 0 N–H and O–H groups in total. The Morgan fingerprint density at radius 3 is 3.07 bits per heavy atom. The van der Waals surface area contributed by atoms with Crippen LogP contribution in [-0.2, 0) is 4.74 Å². The number of hydrogen-bond acceptors (Lipinski definition) is 1. The molecule has 2 rings (SSSR count). The molecular formula is C12H19FO. The highest BCUT2D eigenvalue weighted by Crippen LogP contribution is 2.33. The normalized spacial score (nSPS) is 37.6. The van der Waals surface area contributed by atoms with Crippen molar-refractivity contribution in [2.75, 3.05) is 0 Å². The monoisotopic (exact) mass is 198 g/mol. The van der Waals surface area contributed by atoms with Gasteiger partial charge in [-0.3, -0.25) is 0 Å². The Morgan fingerprint density at radius 1 is 1.43 bits per heavy atom. The third-order valence-corrected chi connectivity index (χ3v) is 3.24. The van der Waals surface area contributed by atoms with Gasteiger partial charge in [-0.05, 0) is 43.8 Å². The predicted molar refractivity (Wildman–Crippen MR) is 55.0 cm³/mol. The van der Waals surface area contributed by atoms with Crippen molar-refractivity contribution in [2.24, 2.45) is 0 Å². The van der Waals surface area contributed by atoms with Gasteiger partial charge >= 0.3 is 0 Å². The smallest absolute Gasteiger partial charge is 0.119 e. The van der Waals surface area contributed by atoms with Crippen LogP contribution in [0.2, 0.25) is 0 Å². The molecule has 3 atom stereocenters. The Bertz CT molecular complexity index is 224. The number of fused-ring (bicyclic) bond motifs is 1. The van der Waals surface area contributed by atoms with Crippen LogP contribution in [-0.4, -0.2) is 18.4 Å². The van der Waals surface area contributed by atoms with Crippen molar-refractivity contribution in [3.8, 4) is 0 Å². The molecule has 3 unspecified atom stereocenters. The average Bonchev–Trinajstić information content (AvgIpc) is 2.19. The second-order valence-electron chi connectivity index (χ2n) is 4.41. The number of rotatable bonds is 2. The van der Waals surface area contributed by atoms with Gasteiger partial charge in [-0.1, -0.05) is 13.3 Å². The van der Waals surface area contributed by atoms with Crippen LogP contribution >= 0.6 is 0 Å². The molecule has 0 aromatic rings. The van der Waals surface area contributed by atoms with Crippen molar-refractivity contribution in [1.82, 2.24) is 0 Å². The standard InChI is InChI=1S/C12H19FO/c1-2-3-11-6-4-9-8-10(13)5-7-12(9)14-11/h8,10-12H,2-7H2,1H3. The minimum Gasteiger partial charge on any atom is -0.371 e. The van der Waals surface area contributed by atoms with Gasteiger partial charge in [-0.15, -0.1) is 0 Å². The van der Waals surface area contributed by atoms with Crippen LogP contribution in [0.25, 0.3) is 0 Å². The minimum absolute atomic E-state index is 0.243. The highest BCUT2D eigenvalue weighted by Gasteiger charge is 2.29. The first-order valence-corrected chi connectivity index (χ1v) is 5.79. The van der Waals surface area contributed by atoms with Gasteiger partial charge in [0.25, 0.3) is 0 Å². The Morgan fingerprint density at radius 2 is 2.29 bits per heavy atom. The minimum atomic E-state index is -0.715. The summed E-state index contributed by atoms with van der Waals surface area (Å²) < 4.78 is 19.0. The van der Waals surface area contributed by atoms with Crippen molar-refractivity contribution in [2.45, 2.75) is 63.8 Å². The lowest BCUT2D eigenvalue weighted by atomic mass is 9.88. The second kappa shape index (κ2) is 4.43. The van der Waals surface area contributed by atoms with Crippen LogP contribution in [0.15, 0.2) is 11.6 Å². The van der Waals surface area contributed by atoms with Gasteiger partial charge in [-0.25, -0.2) is 4.39 Å². The molecule has 0 amide bonds. The van der Waals surface area contributed by atoms with Crippen molar-refractivity contribution in [3.63, 3.8) is 0 Å². The molecule has 1 saturated heterocycles. The first-order valence-electron chi connectivity index (χ1n) is 5.79. The Labute approximate surface area is 85.3 Å². The third-order valence-electron chi connectivity index (χ3n) is 3.24. The number of allylic oxidation sites excluding steroid dienone is 1. The van der Waals surface area contributed by atoms with E-state index in [1.54, 1.807) is 6.08 Å². The van der Waals surface area contributed by atoms with Crippen molar-refractivity contribution in [3.05, 3.63) is 11.6 Å². The molecule has 1 heterocycles. The SMILES string of the molecule is CCCC1CCC2=CC(F)CCC2O1. The zero-order valence-corrected chi connectivity index (χ0v) is 8.84. The molecule has 1 fully saturated rings. The van der Waals surface area contributed by atoms with E-state index in [1.807, 2.05) is 0 Å². The number of halogens is 1. The zero-order chi connectivity index (χ0) is 9.97. The molecule has 14 heavy (non-hydrogen) atoms. The molecule has 80 valence electrons. The zero-order valence-electron chi connectivity index (χ0n) is 8.84. The maximum Gasteiger partial charge on any atom is 0.119 e. The van der Waals surface area contributed by atoms with E-state index in [2.05, 4.69) is 6.92 Å². The van der Waals surface area contributed by atoms with Gasteiger partial charge in [0.05, 0.1) is 12.2 Å². The van der Waals surface area contributed by atoms with E-state index < -0.39 is 6.17 Å². The lowest BCUT2D eigenvalue weighted by molar-refractivity contribution is -0.0333. The molecule has 2 heteroatoms. The lowest BCUT2D eigenvalue weighted by Crippen LogP contribution is -2.32. The van der Waals surface area contributed by atoms with Gasteiger partial charge in [-0.2, -0.15) is 0 Å². The first-order chi connectivity index (χ1) is 6.79. The fourth-order valence-electron chi connectivity index (χ4n) is 2.48. The number of alkyl halides is 1. The fraction of sp³-hybridized carbons (Fsp3) is 0.833. The Balaban J connectivity index is 1.95. The lowest BCUT2D eigenvalue weighted by Gasteiger charge is -2.35. The highest BCUT2D eigenvalue weighted by atomic mass is 19.1. The van der Waals surface area contributed by atoms with Gasteiger partial charge in [0.15, 0.2) is 0 Å². The molecule has 0 aromatic heterocycles. The van der Waals surface area contributed by atoms with Gasteiger partial charge in [0.1, 0.15) is 6.17 Å². The quantitative estimate of drug-likeness (QED) is 0.618. The molecule has 1 nitrogen and oxygen atoms in total. The molecule has 0 radical (unpaired) electrons. The third kappa shape index (κ3) is 2.17. The summed E-state index contributed by atoms with van der Waals surface area (Å²) in [5.74, 6) is 0. The Kier molecular flexibility index (Phi) is 3.22. The van der Waals surface area contributed by atoms with E-state index in [9.17, 15) is 4.39 Å². The molecular weight excluding hydrogens is 179 g/mol. The van der Waals surface area contributed by atoms with Crippen LogP contribution in [0.3, 0.4) is 0 Å². The summed E-state index contributed by atoms with van der Waals surface area (Å²) in [6, 6.07) is 0. The molecule has 0 aromatic carbocycles. The molecule has 1 aliphatic carbocycles. The second-order valence-corrected chi connectivity index (χ2v) is 4.41. The summed E-state index contributed by atoms with van der Waals surface area (Å²) in [6.07, 6.45) is 7.75. The van der Waals surface area contributed by atoms with E-state index in [-0.39, 0.29) is 6.10 Å². The molecule has 0 spiro atoms. The average molecular weight is 198 g/mol. The van der Waals surface area contributed by atoms with E-state index >= 15 is 0 Å². The van der Waals surface area contributed by atoms with Crippen LogP contribution in [0.1, 0.15) is 45.4 Å². The maximum atomic E-state index is 13.1. The van der Waals surface area contributed by atoms with E-state index in [4.69, 9.17) is 4.74 Å². The Hall–Kier alpha value is -0.370. The summed E-state index contributed by atoms with van der Waals surface area (Å²) in [5, 5.41) is 0. The van der Waals surface area contributed by atoms with Gasteiger partial charge < -0.3 is 4.74 Å². The summed E-state index contributed by atoms with van der Waals surface area (Å²) in [7, 11) is 0. The number of hydrogen-bond donors (Lipinski definition) is 0. The maximum absolute atomic E-state index is 13.1. The van der Waals surface area contributed by atoms with Crippen molar-refractivity contribution in [1.29, 1.82) is 0 Å². The summed E-state index contributed by atoms with van der Waals surface area (Å²) in [6.45, 7) is 2.19. The topological polar surface area (TPSA) is 9.23 Å². The molecule has 2 aliphatic rings. The van der Waals surface area contributed by atoms with E-state index in [0.717, 1.165) is 25.7 Å². The first kappa shape index (κ1) is 10.2. The van der Waals surface area contributed by atoms with Gasteiger partial charge in [0.2, 0.25) is 0 Å². The summed E-state index contributed by atoms with van der Waals surface area (Å²) in [4.78, 5) is 0. The summed E-state index contributed by atoms with van der Waals surface area (Å²) in [5.41, 5.74) is 1.22. The van der Waals surface area contributed by atoms with Gasteiger partial charge in [0, 0.05) is 0 Å². The van der Waals surface area contributed by atoms with Crippen molar-refractivity contribution < 1.29 is 9.13 Å². The molecule has 0 saturated carbocycles. The molecule has 1 aliphatic heterocycles. The van der Waals surface area contributed by atoms with E-state index in [0.29, 0.717) is 12.5 Å². The van der Waals surface area contributed by atoms with Crippen LogP contribution < -0.4 is 0 Å². The van der Waals surface area contributed by atoms with E-state index in [1.165, 1.54) is 12.0 Å². The summed E-state index contributed by atoms with van der Waals surface area (Å²) >= 11 is 0. The largest absolute Gasteiger partial charge is 0.371 e. The predicted octanol–water partition coefficient (Wildman–Crippen LogP) is 3.39.